The van der Waals surface area contributed by atoms with E-state index >= 15 is 0 Å². The summed E-state index contributed by atoms with van der Waals surface area (Å²) in [6, 6.07) is 6.58. The molecule has 0 spiro atoms. The van der Waals surface area contributed by atoms with E-state index in [9.17, 15) is 34.4 Å². The Balaban J connectivity index is 1.53. The first-order valence-corrected chi connectivity index (χ1v) is 15.3. The van der Waals surface area contributed by atoms with Gasteiger partial charge in [-0.1, -0.05) is 11.6 Å². The lowest BCUT2D eigenvalue weighted by Gasteiger charge is -2.51. The van der Waals surface area contributed by atoms with Crippen molar-refractivity contribution >= 4 is 90.1 Å². The third kappa shape index (κ3) is 3.83. The maximum Gasteiger partial charge on any atom is 0.269 e. The van der Waals surface area contributed by atoms with E-state index in [1.807, 2.05) is 0 Å². The number of carbonyl (C=O) groups excluding carboxylic acids is 4. The van der Waals surface area contributed by atoms with Crippen molar-refractivity contribution in [3.05, 3.63) is 66.6 Å². The number of nitrogens with zero attached hydrogens (tertiary/aromatic N) is 3. The van der Waals surface area contributed by atoms with E-state index in [0.717, 1.165) is 9.80 Å². The highest BCUT2D eigenvalue weighted by molar-refractivity contribution is 9.13. The van der Waals surface area contributed by atoms with E-state index in [2.05, 4.69) is 31.9 Å². The molecule has 3 fully saturated rings. The quantitative estimate of drug-likeness (QED) is 0.150. The number of amides is 4. The minimum absolute atomic E-state index is 0.0588. The standard InChI is InChI=1S/C28H21Br2Cl2N3O8/c1-33-25(39)27(31)10-16-13(19(28(27,32)26(33)40)15-9-17(43-2)22(36)21(30)20(15)29)7-8-14-18(16)24(38)34(23(14)37)11-3-5-12(6-4-11)35(41)42/h3-7,9,14,16,18-19,36H,8,10H2,1-2H3. The number of methoxy groups -OCH3 is 1. The molecule has 4 aliphatic rings. The zero-order chi connectivity index (χ0) is 31.3. The van der Waals surface area contributed by atoms with Crippen LogP contribution in [0.5, 0.6) is 11.5 Å². The number of allylic oxidation sites excluding steroid dienone is 2. The average Bonchev–Trinajstić information content (AvgIpc) is 3.31. The topological polar surface area (TPSA) is 147 Å². The SMILES string of the molecule is COc1cc(C2C3=CCC4C(=O)N(c5ccc([N+](=O)[O-])cc5)C(=O)C4C3CC3(Cl)C(=O)N(C)C(=O)C23Cl)c(Br)c(Br)c1O. The number of phenols is 1. The van der Waals surface area contributed by atoms with Crippen molar-refractivity contribution < 1.29 is 33.9 Å². The Hall–Kier alpha value is -3.00. The van der Waals surface area contributed by atoms with Gasteiger partial charge in [0, 0.05) is 29.6 Å². The van der Waals surface area contributed by atoms with Crippen LogP contribution in [0.25, 0.3) is 0 Å². The molecule has 0 aromatic heterocycles. The fourth-order valence-corrected chi connectivity index (χ4v) is 9.01. The number of benzene rings is 2. The first-order valence-electron chi connectivity index (χ1n) is 13.0. The Morgan fingerprint density at radius 3 is 2.30 bits per heavy atom. The molecule has 2 heterocycles. The highest BCUT2D eigenvalue weighted by Gasteiger charge is 2.76. The number of imide groups is 2. The van der Waals surface area contributed by atoms with Crippen molar-refractivity contribution in [3.8, 4) is 11.5 Å². The van der Waals surface area contributed by atoms with Crippen molar-refractivity contribution in [3.63, 3.8) is 0 Å². The molecule has 2 aliphatic heterocycles. The van der Waals surface area contributed by atoms with Gasteiger partial charge < -0.3 is 9.84 Å². The molecule has 15 heteroatoms. The summed E-state index contributed by atoms with van der Waals surface area (Å²) in [6.45, 7) is 0. The van der Waals surface area contributed by atoms with Gasteiger partial charge in [-0.2, -0.15) is 0 Å². The van der Waals surface area contributed by atoms with Crippen LogP contribution in [0, 0.1) is 27.9 Å². The predicted molar refractivity (Wildman–Crippen MR) is 161 cm³/mol. The number of phenolic OH excluding ortho intramolecular Hbond substituents is 1. The van der Waals surface area contributed by atoms with Crippen molar-refractivity contribution in [2.45, 2.75) is 28.5 Å². The van der Waals surface area contributed by atoms with Gasteiger partial charge in [0.1, 0.15) is 0 Å². The molecule has 6 unspecified atom stereocenters. The number of fused-ring (bicyclic) bond motifs is 4. The number of halogens is 4. The van der Waals surface area contributed by atoms with Crippen LogP contribution in [0.1, 0.15) is 24.3 Å². The number of alkyl halides is 2. The van der Waals surface area contributed by atoms with Gasteiger partial charge in [0.2, 0.25) is 11.8 Å². The fraction of sp³-hybridized carbons (Fsp3) is 0.357. The molecule has 11 nitrogen and oxygen atoms in total. The van der Waals surface area contributed by atoms with Crippen molar-refractivity contribution in [2.24, 2.45) is 17.8 Å². The van der Waals surface area contributed by atoms with Gasteiger partial charge in [-0.25, -0.2) is 0 Å². The van der Waals surface area contributed by atoms with Crippen LogP contribution in [0.4, 0.5) is 11.4 Å². The number of carbonyl (C=O) groups is 4. The molecule has 6 rings (SSSR count). The highest BCUT2D eigenvalue weighted by Crippen LogP contribution is 2.66. The van der Waals surface area contributed by atoms with Crippen LogP contribution in [-0.4, -0.2) is 62.5 Å². The van der Waals surface area contributed by atoms with Gasteiger partial charge in [0.15, 0.2) is 21.2 Å². The lowest BCUT2D eigenvalue weighted by molar-refractivity contribution is -0.384. The molecular formula is C28H21Br2Cl2N3O8. The zero-order valence-corrected chi connectivity index (χ0v) is 27.0. The molecule has 4 amide bonds. The van der Waals surface area contributed by atoms with Gasteiger partial charge in [-0.15, -0.1) is 23.2 Å². The van der Waals surface area contributed by atoms with Crippen molar-refractivity contribution in [2.75, 3.05) is 19.1 Å². The largest absolute Gasteiger partial charge is 0.503 e. The van der Waals surface area contributed by atoms with E-state index in [1.54, 1.807) is 6.08 Å². The summed E-state index contributed by atoms with van der Waals surface area (Å²) in [5, 5.41) is 21.8. The number of non-ortho nitro benzene ring substituents is 1. The summed E-state index contributed by atoms with van der Waals surface area (Å²) in [7, 11) is 2.64. The normalized spacial score (nSPS) is 31.5. The van der Waals surface area contributed by atoms with E-state index in [0.29, 0.717) is 15.6 Å². The molecule has 0 radical (unpaired) electrons. The first kappa shape index (κ1) is 30.0. The van der Waals surface area contributed by atoms with Crippen LogP contribution in [-0.2, 0) is 19.2 Å². The molecule has 43 heavy (non-hydrogen) atoms. The molecule has 6 atom stereocenters. The molecule has 224 valence electrons. The predicted octanol–water partition coefficient (Wildman–Crippen LogP) is 5.03. The third-order valence-electron chi connectivity index (χ3n) is 9.04. The summed E-state index contributed by atoms with van der Waals surface area (Å²) in [4.78, 5) is 63.6. The zero-order valence-electron chi connectivity index (χ0n) is 22.3. The smallest absolute Gasteiger partial charge is 0.269 e. The first-order chi connectivity index (χ1) is 20.2. The minimum Gasteiger partial charge on any atom is -0.503 e. The van der Waals surface area contributed by atoms with Crippen LogP contribution >= 0.6 is 55.1 Å². The summed E-state index contributed by atoms with van der Waals surface area (Å²) < 4.78 is 5.90. The number of hydrogen-bond acceptors (Lipinski definition) is 8. The lowest BCUT2D eigenvalue weighted by atomic mass is 9.56. The number of nitro benzene ring substituents is 1. The van der Waals surface area contributed by atoms with E-state index in [-0.39, 0.29) is 40.2 Å². The lowest BCUT2D eigenvalue weighted by Crippen LogP contribution is -2.60. The Labute approximate surface area is 271 Å². The average molecular weight is 758 g/mol. The van der Waals surface area contributed by atoms with Gasteiger partial charge in [0.05, 0.1) is 34.0 Å². The van der Waals surface area contributed by atoms with Crippen molar-refractivity contribution in [1.82, 2.24) is 4.90 Å². The molecule has 2 saturated heterocycles. The molecule has 2 aliphatic carbocycles. The van der Waals surface area contributed by atoms with Crippen molar-refractivity contribution in [1.29, 1.82) is 0 Å². The van der Waals surface area contributed by atoms with Crippen LogP contribution in [0.2, 0.25) is 0 Å². The van der Waals surface area contributed by atoms with Crippen LogP contribution in [0.3, 0.4) is 0 Å². The number of nitro groups is 1. The summed E-state index contributed by atoms with van der Waals surface area (Å²) >= 11 is 21.2. The monoisotopic (exact) mass is 755 g/mol. The van der Waals surface area contributed by atoms with E-state index in [1.165, 1.54) is 44.5 Å². The second kappa shape index (κ2) is 10.0. The van der Waals surface area contributed by atoms with Crippen LogP contribution in [0.15, 0.2) is 50.9 Å². The number of aromatic hydroxyl groups is 1. The number of anilines is 1. The van der Waals surface area contributed by atoms with Gasteiger partial charge >= 0.3 is 0 Å². The van der Waals surface area contributed by atoms with Gasteiger partial charge in [-0.3, -0.25) is 39.1 Å². The fourth-order valence-electron chi connectivity index (χ4n) is 7.04. The van der Waals surface area contributed by atoms with Gasteiger partial charge in [0.25, 0.3) is 17.5 Å². The molecule has 0 bridgehead atoms. The molecule has 2 aromatic rings. The second-order valence-corrected chi connectivity index (χ2v) is 13.8. The Kier molecular flexibility index (Phi) is 7.00. The number of rotatable bonds is 4. The summed E-state index contributed by atoms with van der Waals surface area (Å²) in [5.41, 5.74) is 0.905. The molecule has 1 saturated carbocycles. The maximum absolute atomic E-state index is 14.1. The third-order valence-corrected chi connectivity index (χ3v) is 12.6. The summed E-state index contributed by atoms with van der Waals surface area (Å²) in [6.07, 6.45) is 1.71. The van der Waals surface area contributed by atoms with E-state index < -0.39 is 62.0 Å². The molecular weight excluding hydrogens is 737 g/mol. The Morgan fingerprint density at radius 1 is 1.05 bits per heavy atom. The Morgan fingerprint density at radius 2 is 1.70 bits per heavy atom. The second-order valence-electron chi connectivity index (χ2n) is 10.9. The van der Waals surface area contributed by atoms with E-state index in [4.69, 9.17) is 27.9 Å². The number of hydrogen-bond donors (Lipinski definition) is 1. The maximum atomic E-state index is 14.1. The van der Waals surface area contributed by atoms with Gasteiger partial charge in [-0.05, 0) is 74.4 Å². The highest BCUT2D eigenvalue weighted by atomic mass is 79.9. The minimum atomic E-state index is -2.02. The molecule has 2 aromatic carbocycles. The van der Waals surface area contributed by atoms with Crippen LogP contribution < -0.4 is 9.64 Å². The Bertz CT molecular complexity index is 1700. The summed E-state index contributed by atoms with van der Waals surface area (Å²) in [5.74, 6) is -6.24. The number of ether oxygens (including phenoxy) is 1. The molecule has 1 N–H and O–H groups in total. The number of likely N-dealkylation sites (tertiary alicyclic amines) is 1.